The van der Waals surface area contributed by atoms with Gasteiger partial charge < -0.3 is 10.4 Å². The minimum atomic E-state index is 0.298. The molecule has 0 saturated heterocycles. The van der Waals surface area contributed by atoms with Crippen molar-refractivity contribution in [3.05, 3.63) is 0 Å². The van der Waals surface area contributed by atoms with E-state index in [0.29, 0.717) is 24.6 Å². The Morgan fingerprint density at radius 2 is 1.94 bits per heavy atom. The van der Waals surface area contributed by atoms with Gasteiger partial charge in [-0.1, -0.05) is 40.5 Å². The summed E-state index contributed by atoms with van der Waals surface area (Å²) >= 11 is 0. The monoisotopic (exact) mass is 227 g/mol. The van der Waals surface area contributed by atoms with Gasteiger partial charge in [0.25, 0.3) is 0 Å². The van der Waals surface area contributed by atoms with E-state index in [1.165, 1.54) is 19.3 Å². The molecule has 0 bridgehead atoms. The molecule has 1 aliphatic rings. The van der Waals surface area contributed by atoms with Crippen LogP contribution >= 0.6 is 0 Å². The van der Waals surface area contributed by atoms with Crippen molar-refractivity contribution in [1.29, 1.82) is 0 Å². The molecule has 0 aromatic rings. The molecular weight excluding hydrogens is 198 g/mol. The molecule has 1 aliphatic carbocycles. The molecule has 16 heavy (non-hydrogen) atoms. The third-order valence-corrected chi connectivity index (χ3v) is 4.38. The average Bonchev–Trinajstić information content (AvgIpc) is 2.23. The Kier molecular flexibility index (Phi) is 5.77. The molecule has 2 heteroatoms. The maximum atomic E-state index is 9.09. The fourth-order valence-corrected chi connectivity index (χ4v) is 2.84. The van der Waals surface area contributed by atoms with Crippen LogP contribution in [-0.4, -0.2) is 23.8 Å². The number of aliphatic hydroxyl groups excluding tert-OH is 1. The minimum absolute atomic E-state index is 0.298. The SMILES string of the molecule is CC(C)C(CCO)NC1CCCC(C)C1C. The Bertz CT molecular complexity index is 193. The molecule has 1 saturated carbocycles. The van der Waals surface area contributed by atoms with Gasteiger partial charge in [-0.05, 0) is 30.6 Å². The molecule has 96 valence electrons. The zero-order chi connectivity index (χ0) is 12.1. The Hall–Kier alpha value is -0.0800. The first-order valence-corrected chi connectivity index (χ1v) is 6.93. The van der Waals surface area contributed by atoms with Gasteiger partial charge in [-0.25, -0.2) is 0 Å². The number of hydrogen-bond donors (Lipinski definition) is 2. The third-order valence-electron chi connectivity index (χ3n) is 4.38. The van der Waals surface area contributed by atoms with Crippen molar-refractivity contribution in [2.24, 2.45) is 17.8 Å². The van der Waals surface area contributed by atoms with E-state index in [1.807, 2.05) is 0 Å². The Morgan fingerprint density at radius 3 is 2.50 bits per heavy atom. The smallest absolute Gasteiger partial charge is 0.0445 e. The first kappa shape index (κ1) is 14.0. The maximum Gasteiger partial charge on any atom is 0.0445 e. The second-order valence-electron chi connectivity index (χ2n) is 5.90. The van der Waals surface area contributed by atoms with E-state index >= 15 is 0 Å². The Balaban J connectivity index is 2.49. The highest BCUT2D eigenvalue weighted by Gasteiger charge is 2.29. The normalized spacial score (nSPS) is 33.0. The highest BCUT2D eigenvalue weighted by Crippen LogP contribution is 2.30. The van der Waals surface area contributed by atoms with Gasteiger partial charge in [-0.2, -0.15) is 0 Å². The van der Waals surface area contributed by atoms with Crippen LogP contribution in [0, 0.1) is 17.8 Å². The zero-order valence-electron chi connectivity index (χ0n) is 11.4. The van der Waals surface area contributed by atoms with Crippen LogP contribution in [0.5, 0.6) is 0 Å². The van der Waals surface area contributed by atoms with E-state index in [0.717, 1.165) is 18.3 Å². The number of rotatable bonds is 5. The van der Waals surface area contributed by atoms with E-state index in [9.17, 15) is 0 Å². The first-order valence-electron chi connectivity index (χ1n) is 6.93. The molecule has 0 aromatic heterocycles. The highest BCUT2D eigenvalue weighted by molar-refractivity contribution is 4.85. The van der Waals surface area contributed by atoms with Gasteiger partial charge in [0.15, 0.2) is 0 Å². The van der Waals surface area contributed by atoms with Crippen LogP contribution < -0.4 is 5.32 Å². The quantitative estimate of drug-likeness (QED) is 0.757. The topological polar surface area (TPSA) is 32.3 Å². The fraction of sp³-hybridized carbons (Fsp3) is 1.00. The van der Waals surface area contributed by atoms with Crippen molar-refractivity contribution in [3.63, 3.8) is 0 Å². The third kappa shape index (κ3) is 3.74. The van der Waals surface area contributed by atoms with Crippen molar-refractivity contribution < 1.29 is 5.11 Å². The van der Waals surface area contributed by atoms with Crippen LogP contribution in [0.15, 0.2) is 0 Å². The van der Waals surface area contributed by atoms with Gasteiger partial charge in [-0.15, -0.1) is 0 Å². The summed E-state index contributed by atoms with van der Waals surface area (Å²) in [5, 5.41) is 12.9. The maximum absolute atomic E-state index is 9.09. The van der Waals surface area contributed by atoms with Crippen LogP contribution in [0.3, 0.4) is 0 Å². The summed E-state index contributed by atoms with van der Waals surface area (Å²) in [6, 6.07) is 1.13. The Labute approximate surface area is 101 Å². The summed E-state index contributed by atoms with van der Waals surface area (Å²) in [5.41, 5.74) is 0. The van der Waals surface area contributed by atoms with Gasteiger partial charge in [0.05, 0.1) is 0 Å². The lowest BCUT2D eigenvalue weighted by Gasteiger charge is -2.38. The first-order chi connectivity index (χ1) is 7.56. The van der Waals surface area contributed by atoms with Gasteiger partial charge >= 0.3 is 0 Å². The molecule has 4 atom stereocenters. The van der Waals surface area contributed by atoms with E-state index in [2.05, 4.69) is 33.0 Å². The summed E-state index contributed by atoms with van der Waals surface area (Å²) in [6.07, 6.45) is 4.92. The largest absolute Gasteiger partial charge is 0.396 e. The fourth-order valence-electron chi connectivity index (χ4n) is 2.84. The van der Waals surface area contributed by atoms with Crippen LogP contribution in [0.1, 0.15) is 53.4 Å². The van der Waals surface area contributed by atoms with Gasteiger partial charge in [-0.3, -0.25) is 0 Å². The van der Waals surface area contributed by atoms with Crippen molar-refractivity contribution in [2.45, 2.75) is 65.5 Å². The molecule has 0 spiro atoms. The van der Waals surface area contributed by atoms with Crippen LogP contribution in [0.25, 0.3) is 0 Å². The van der Waals surface area contributed by atoms with Crippen LogP contribution in [0.2, 0.25) is 0 Å². The summed E-state index contributed by atoms with van der Waals surface area (Å²) in [6.45, 7) is 9.52. The van der Waals surface area contributed by atoms with Crippen molar-refractivity contribution in [3.8, 4) is 0 Å². The molecular formula is C14H29NO. The van der Waals surface area contributed by atoms with E-state index < -0.39 is 0 Å². The minimum Gasteiger partial charge on any atom is -0.396 e. The molecule has 2 nitrogen and oxygen atoms in total. The molecule has 0 amide bonds. The predicted molar refractivity (Wildman–Crippen MR) is 69.4 cm³/mol. The molecule has 4 unspecified atom stereocenters. The lowest BCUT2D eigenvalue weighted by Crippen LogP contribution is -2.48. The van der Waals surface area contributed by atoms with Crippen LogP contribution in [0.4, 0.5) is 0 Å². The molecule has 2 N–H and O–H groups in total. The summed E-state index contributed by atoms with van der Waals surface area (Å²) in [5.74, 6) is 2.22. The van der Waals surface area contributed by atoms with Crippen molar-refractivity contribution in [1.82, 2.24) is 5.32 Å². The highest BCUT2D eigenvalue weighted by atomic mass is 16.3. The van der Waals surface area contributed by atoms with E-state index in [4.69, 9.17) is 5.11 Å². The summed E-state index contributed by atoms with van der Waals surface area (Å²) in [7, 11) is 0. The molecule has 0 radical (unpaired) electrons. The van der Waals surface area contributed by atoms with Crippen LogP contribution in [-0.2, 0) is 0 Å². The van der Waals surface area contributed by atoms with Gasteiger partial charge in [0.1, 0.15) is 0 Å². The number of hydrogen-bond acceptors (Lipinski definition) is 2. The van der Waals surface area contributed by atoms with E-state index in [-0.39, 0.29) is 0 Å². The number of nitrogens with one attached hydrogen (secondary N) is 1. The standard InChI is InChI=1S/C14H29NO/c1-10(2)13(8-9-16)15-14-7-5-6-11(3)12(14)4/h10-16H,5-9H2,1-4H3. The Morgan fingerprint density at radius 1 is 1.25 bits per heavy atom. The van der Waals surface area contributed by atoms with Crippen molar-refractivity contribution >= 4 is 0 Å². The van der Waals surface area contributed by atoms with Gasteiger partial charge in [0.2, 0.25) is 0 Å². The second-order valence-corrected chi connectivity index (χ2v) is 5.90. The molecule has 0 heterocycles. The zero-order valence-corrected chi connectivity index (χ0v) is 11.4. The molecule has 1 rings (SSSR count). The predicted octanol–water partition coefficient (Wildman–Crippen LogP) is 2.81. The van der Waals surface area contributed by atoms with Crippen molar-refractivity contribution in [2.75, 3.05) is 6.61 Å². The van der Waals surface area contributed by atoms with E-state index in [1.54, 1.807) is 0 Å². The molecule has 0 aliphatic heterocycles. The molecule has 1 fully saturated rings. The molecule has 0 aromatic carbocycles. The number of aliphatic hydroxyl groups is 1. The average molecular weight is 227 g/mol. The lowest BCUT2D eigenvalue weighted by molar-refractivity contribution is 0.166. The van der Waals surface area contributed by atoms with Gasteiger partial charge in [0, 0.05) is 18.7 Å². The summed E-state index contributed by atoms with van der Waals surface area (Å²) in [4.78, 5) is 0. The second kappa shape index (κ2) is 6.61. The summed E-state index contributed by atoms with van der Waals surface area (Å²) < 4.78 is 0. The lowest BCUT2D eigenvalue weighted by atomic mass is 9.77.